The van der Waals surface area contributed by atoms with Crippen LogP contribution in [0.3, 0.4) is 0 Å². The summed E-state index contributed by atoms with van der Waals surface area (Å²) < 4.78 is 0. The normalized spacial score (nSPS) is 13.6. The van der Waals surface area contributed by atoms with Gasteiger partial charge < -0.3 is 0 Å². The van der Waals surface area contributed by atoms with Gasteiger partial charge in [-0.25, -0.2) is 0 Å². The molecule has 0 N–H and O–H groups in total. The molecule has 0 nitrogen and oxygen atoms in total. The Morgan fingerprint density at radius 3 is 1.53 bits per heavy atom. The second-order valence-corrected chi connectivity index (χ2v) is 4.68. The van der Waals surface area contributed by atoms with Gasteiger partial charge in [-0.05, 0) is 39.8 Å². The SMILES string of the molecule is C1=Cc2c1cccc2Cc1cccc2c1C=C2. The van der Waals surface area contributed by atoms with E-state index in [1.807, 2.05) is 0 Å². The molecule has 0 aliphatic heterocycles. The summed E-state index contributed by atoms with van der Waals surface area (Å²) in [6.07, 6.45) is 9.84. The average molecular weight is 216 g/mol. The van der Waals surface area contributed by atoms with Crippen molar-refractivity contribution < 1.29 is 0 Å². The molecule has 0 unspecified atom stereocenters. The Morgan fingerprint density at radius 2 is 1.12 bits per heavy atom. The first kappa shape index (κ1) is 9.00. The smallest absolute Gasteiger partial charge is 0.00135 e. The van der Waals surface area contributed by atoms with E-state index in [-0.39, 0.29) is 0 Å². The summed E-state index contributed by atoms with van der Waals surface area (Å²) in [6.45, 7) is 0. The third kappa shape index (κ3) is 1.24. The van der Waals surface area contributed by atoms with Crippen molar-refractivity contribution >= 4 is 24.3 Å². The zero-order valence-corrected chi connectivity index (χ0v) is 9.48. The molecule has 0 atom stereocenters. The molecular weight excluding hydrogens is 204 g/mol. The number of hydrogen-bond acceptors (Lipinski definition) is 0. The van der Waals surface area contributed by atoms with Crippen LogP contribution < -0.4 is 0 Å². The Kier molecular flexibility index (Phi) is 1.70. The number of benzene rings is 2. The Balaban J connectivity index is 1.75. The van der Waals surface area contributed by atoms with Gasteiger partial charge in [-0.1, -0.05) is 60.7 Å². The standard InChI is InChI=1S/C17H12/c1-3-12-7-9-16(12)14(5-1)11-15-6-2-4-13-8-10-17(13)15/h1-10H,11H2. The van der Waals surface area contributed by atoms with E-state index in [1.54, 1.807) is 0 Å². The Bertz CT molecular complexity index is 613. The van der Waals surface area contributed by atoms with Crippen molar-refractivity contribution in [2.24, 2.45) is 0 Å². The van der Waals surface area contributed by atoms with Crippen molar-refractivity contribution in [2.75, 3.05) is 0 Å². The molecule has 2 aliphatic carbocycles. The van der Waals surface area contributed by atoms with Crippen LogP contribution in [-0.2, 0) is 6.42 Å². The van der Waals surface area contributed by atoms with Crippen LogP contribution in [0.4, 0.5) is 0 Å². The lowest BCUT2D eigenvalue weighted by Gasteiger charge is -2.19. The van der Waals surface area contributed by atoms with Crippen LogP contribution in [0, 0.1) is 0 Å². The van der Waals surface area contributed by atoms with Crippen LogP contribution in [-0.4, -0.2) is 0 Å². The highest BCUT2D eigenvalue weighted by Gasteiger charge is 2.14. The Morgan fingerprint density at radius 1 is 0.588 bits per heavy atom. The average Bonchev–Trinajstić information content (AvgIpc) is 2.23. The fourth-order valence-electron chi connectivity index (χ4n) is 2.63. The number of hydrogen-bond donors (Lipinski definition) is 0. The lowest BCUT2D eigenvalue weighted by Crippen LogP contribution is -2.02. The molecule has 0 amide bonds. The van der Waals surface area contributed by atoms with Crippen molar-refractivity contribution in [1.82, 2.24) is 0 Å². The Labute approximate surface area is 101 Å². The van der Waals surface area contributed by atoms with Gasteiger partial charge in [-0.2, -0.15) is 0 Å². The highest BCUT2D eigenvalue weighted by Crippen LogP contribution is 2.32. The van der Waals surface area contributed by atoms with Crippen LogP contribution in [0.15, 0.2) is 36.4 Å². The summed E-state index contributed by atoms with van der Waals surface area (Å²) >= 11 is 0. The molecule has 0 bridgehead atoms. The van der Waals surface area contributed by atoms with Gasteiger partial charge in [0.15, 0.2) is 0 Å². The van der Waals surface area contributed by atoms with Gasteiger partial charge in [-0.3, -0.25) is 0 Å². The van der Waals surface area contributed by atoms with Crippen molar-refractivity contribution in [3.63, 3.8) is 0 Å². The van der Waals surface area contributed by atoms with Crippen LogP contribution >= 0.6 is 0 Å². The van der Waals surface area contributed by atoms with Crippen molar-refractivity contribution in [1.29, 1.82) is 0 Å². The van der Waals surface area contributed by atoms with E-state index in [4.69, 9.17) is 0 Å². The highest BCUT2D eigenvalue weighted by molar-refractivity contribution is 5.89. The molecule has 4 rings (SSSR count). The first-order valence-electron chi connectivity index (χ1n) is 6.02. The first-order valence-corrected chi connectivity index (χ1v) is 6.02. The van der Waals surface area contributed by atoms with Crippen molar-refractivity contribution in [3.8, 4) is 0 Å². The van der Waals surface area contributed by atoms with Crippen molar-refractivity contribution in [2.45, 2.75) is 6.42 Å². The number of fused-ring (bicyclic) bond motifs is 2. The maximum atomic E-state index is 2.24. The minimum Gasteiger partial charge on any atom is -0.0613 e. The zero-order chi connectivity index (χ0) is 11.2. The van der Waals surface area contributed by atoms with Crippen LogP contribution in [0.2, 0.25) is 0 Å². The summed E-state index contributed by atoms with van der Waals surface area (Å²) in [5, 5.41) is 0. The maximum absolute atomic E-state index is 2.24. The van der Waals surface area contributed by atoms with Gasteiger partial charge in [0, 0.05) is 0 Å². The van der Waals surface area contributed by atoms with Gasteiger partial charge in [0.1, 0.15) is 0 Å². The van der Waals surface area contributed by atoms with Gasteiger partial charge >= 0.3 is 0 Å². The predicted molar refractivity (Wildman–Crippen MR) is 73.5 cm³/mol. The fraction of sp³-hybridized carbons (Fsp3) is 0.0588. The molecule has 17 heavy (non-hydrogen) atoms. The predicted octanol–water partition coefficient (Wildman–Crippen LogP) is 4.25. The first-order chi connectivity index (χ1) is 8.42. The molecule has 0 saturated carbocycles. The van der Waals surface area contributed by atoms with Gasteiger partial charge in [0.25, 0.3) is 0 Å². The largest absolute Gasteiger partial charge is 0.0613 e. The molecule has 2 aliphatic rings. The second kappa shape index (κ2) is 3.21. The van der Waals surface area contributed by atoms with E-state index in [2.05, 4.69) is 60.7 Å². The molecular formula is C17H12. The topological polar surface area (TPSA) is 0 Å². The van der Waals surface area contributed by atoms with Crippen LogP contribution in [0.1, 0.15) is 33.4 Å². The van der Waals surface area contributed by atoms with Crippen LogP contribution in [0.25, 0.3) is 24.3 Å². The quantitative estimate of drug-likeness (QED) is 0.470. The molecule has 80 valence electrons. The molecule has 0 radical (unpaired) electrons. The molecule has 0 spiro atoms. The van der Waals surface area contributed by atoms with Gasteiger partial charge in [0.2, 0.25) is 0 Å². The lowest BCUT2D eigenvalue weighted by molar-refractivity contribution is 1.16. The Hall–Kier alpha value is -2.08. The molecule has 0 aromatic heterocycles. The monoisotopic (exact) mass is 216 g/mol. The third-order valence-corrected chi connectivity index (χ3v) is 3.70. The van der Waals surface area contributed by atoms with Gasteiger partial charge in [0.05, 0.1) is 0 Å². The lowest BCUT2D eigenvalue weighted by atomic mass is 9.85. The molecule has 0 fully saturated rings. The summed E-state index contributed by atoms with van der Waals surface area (Å²) in [5.74, 6) is 0. The van der Waals surface area contributed by atoms with E-state index in [0.29, 0.717) is 0 Å². The number of rotatable bonds is 2. The van der Waals surface area contributed by atoms with E-state index >= 15 is 0 Å². The minimum absolute atomic E-state index is 1.04. The van der Waals surface area contributed by atoms with E-state index in [1.165, 1.54) is 33.4 Å². The van der Waals surface area contributed by atoms with Crippen molar-refractivity contribution in [3.05, 3.63) is 69.8 Å². The maximum Gasteiger partial charge on any atom is -0.00135 e. The highest BCUT2D eigenvalue weighted by atomic mass is 14.2. The molecule has 0 saturated heterocycles. The molecule has 0 heterocycles. The molecule has 2 aromatic carbocycles. The fourth-order valence-corrected chi connectivity index (χ4v) is 2.63. The summed E-state index contributed by atoms with van der Waals surface area (Å²) in [4.78, 5) is 0. The summed E-state index contributed by atoms with van der Waals surface area (Å²) in [7, 11) is 0. The minimum atomic E-state index is 1.04. The third-order valence-electron chi connectivity index (χ3n) is 3.70. The summed E-state index contributed by atoms with van der Waals surface area (Å²) in [6, 6.07) is 13.2. The zero-order valence-electron chi connectivity index (χ0n) is 9.48. The van der Waals surface area contributed by atoms with E-state index in [9.17, 15) is 0 Å². The molecule has 0 heteroatoms. The van der Waals surface area contributed by atoms with Crippen LogP contribution in [0.5, 0.6) is 0 Å². The van der Waals surface area contributed by atoms with E-state index in [0.717, 1.165) is 6.42 Å². The molecule has 2 aromatic rings. The summed E-state index contributed by atoms with van der Waals surface area (Å²) in [5.41, 5.74) is 8.50. The second-order valence-electron chi connectivity index (χ2n) is 4.68. The van der Waals surface area contributed by atoms with Gasteiger partial charge in [-0.15, -0.1) is 0 Å². The van der Waals surface area contributed by atoms with E-state index < -0.39 is 0 Å².